The lowest BCUT2D eigenvalue weighted by Gasteiger charge is -2.10. The summed E-state index contributed by atoms with van der Waals surface area (Å²) in [6, 6.07) is 9.12. The summed E-state index contributed by atoms with van der Waals surface area (Å²) in [6.45, 7) is 2.09. The molecule has 2 aromatic heterocycles. The smallest absolute Gasteiger partial charge is 0.222 e. The SMILES string of the molecule is CCc1nc(N)nc(N)c1OCc1cc(-c2ccc(Cl)cc2)no1. The summed E-state index contributed by atoms with van der Waals surface area (Å²) in [4.78, 5) is 8.04. The van der Waals surface area contributed by atoms with Crippen LogP contribution in [0.2, 0.25) is 5.02 Å². The van der Waals surface area contributed by atoms with Crippen LogP contribution in [0, 0.1) is 0 Å². The van der Waals surface area contributed by atoms with Crippen molar-refractivity contribution in [3.8, 4) is 17.0 Å². The van der Waals surface area contributed by atoms with Crippen molar-refractivity contribution < 1.29 is 9.26 Å². The van der Waals surface area contributed by atoms with Crippen molar-refractivity contribution in [1.29, 1.82) is 0 Å². The van der Waals surface area contributed by atoms with Crippen molar-refractivity contribution in [2.45, 2.75) is 20.0 Å². The molecule has 0 aliphatic carbocycles. The molecule has 4 N–H and O–H groups in total. The zero-order valence-electron chi connectivity index (χ0n) is 13.0. The number of nitrogens with zero attached hydrogens (tertiary/aromatic N) is 3. The predicted molar refractivity (Wildman–Crippen MR) is 91.5 cm³/mol. The van der Waals surface area contributed by atoms with Gasteiger partial charge in [-0.2, -0.15) is 4.98 Å². The van der Waals surface area contributed by atoms with E-state index in [0.29, 0.717) is 34.3 Å². The zero-order chi connectivity index (χ0) is 17.1. The van der Waals surface area contributed by atoms with Crippen LogP contribution in [0.25, 0.3) is 11.3 Å². The average molecular weight is 346 g/mol. The summed E-state index contributed by atoms with van der Waals surface area (Å²) in [5.41, 5.74) is 13.7. The Morgan fingerprint density at radius 1 is 1.17 bits per heavy atom. The fourth-order valence-corrected chi connectivity index (χ4v) is 2.34. The number of halogens is 1. The molecule has 0 spiro atoms. The first-order chi connectivity index (χ1) is 11.6. The number of nitrogens with two attached hydrogens (primary N) is 2. The van der Waals surface area contributed by atoms with Crippen LogP contribution in [0.4, 0.5) is 11.8 Å². The predicted octanol–water partition coefficient (Wildman–Crippen LogP) is 3.09. The van der Waals surface area contributed by atoms with Gasteiger partial charge in [0.1, 0.15) is 12.3 Å². The normalized spacial score (nSPS) is 10.8. The number of aromatic nitrogens is 3. The average Bonchev–Trinajstić information content (AvgIpc) is 3.03. The summed E-state index contributed by atoms with van der Waals surface area (Å²) >= 11 is 5.88. The van der Waals surface area contributed by atoms with Crippen LogP contribution in [-0.4, -0.2) is 15.1 Å². The number of benzene rings is 1. The Hall–Kier alpha value is -2.80. The number of rotatable bonds is 5. The highest BCUT2D eigenvalue weighted by Gasteiger charge is 2.13. The first kappa shape index (κ1) is 16.1. The summed E-state index contributed by atoms with van der Waals surface area (Å²) in [5.74, 6) is 1.30. The molecule has 0 radical (unpaired) electrons. The Bertz CT molecular complexity index is 848. The topological polar surface area (TPSA) is 113 Å². The lowest BCUT2D eigenvalue weighted by atomic mass is 10.1. The Balaban J connectivity index is 1.75. The minimum atomic E-state index is 0.126. The van der Waals surface area contributed by atoms with E-state index in [2.05, 4.69) is 15.1 Å². The van der Waals surface area contributed by atoms with E-state index in [1.54, 1.807) is 18.2 Å². The third-order valence-electron chi connectivity index (χ3n) is 3.37. The van der Waals surface area contributed by atoms with Gasteiger partial charge in [0, 0.05) is 16.7 Å². The van der Waals surface area contributed by atoms with Gasteiger partial charge < -0.3 is 20.7 Å². The molecule has 0 unspecified atom stereocenters. The Morgan fingerprint density at radius 3 is 2.62 bits per heavy atom. The van der Waals surface area contributed by atoms with Gasteiger partial charge in [0.05, 0.1) is 5.69 Å². The van der Waals surface area contributed by atoms with Gasteiger partial charge in [-0.1, -0.05) is 35.8 Å². The number of anilines is 2. The quantitative estimate of drug-likeness (QED) is 0.730. The van der Waals surface area contributed by atoms with E-state index in [4.69, 9.17) is 32.3 Å². The molecule has 0 fully saturated rings. The molecule has 3 rings (SSSR count). The molecule has 2 heterocycles. The van der Waals surface area contributed by atoms with E-state index in [-0.39, 0.29) is 18.4 Å². The van der Waals surface area contributed by atoms with Gasteiger partial charge in [-0.05, 0) is 18.6 Å². The van der Waals surface area contributed by atoms with Crippen molar-refractivity contribution in [1.82, 2.24) is 15.1 Å². The second kappa shape index (κ2) is 6.76. The van der Waals surface area contributed by atoms with Crippen molar-refractivity contribution in [2.24, 2.45) is 0 Å². The highest BCUT2D eigenvalue weighted by molar-refractivity contribution is 6.30. The van der Waals surface area contributed by atoms with Gasteiger partial charge in [0.2, 0.25) is 5.95 Å². The molecule has 1 aromatic carbocycles. The first-order valence-electron chi connectivity index (χ1n) is 7.33. The number of ether oxygens (including phenoxy) is 1. The monoisotopic (exact) mass is 345 g/mol. The maximum atomic E-state index is 5.88. The summed E-state index contributed by atoms with van der Waals surface area (Å²) in [5, 5.41) is 4.69. The Morgan fingerprint density at radius 2 is 1.92 bits per heavy atom. The van der Waals surface area contributed by atoms with Crippen LogP contribution in [0.1, 0.15) is 18.4 Å². The molecule has 0 atom stereocenters. The standard InChI is InChI=1S/C16H16ClN5O2/c1-2-12-14(15(18)21-16(19)20-12)23-8-11-7-13(22-24-11)9-3-5-10(17)6-4-9/h3-7H,2,8H2,1H3,(H4,18,19,20,21). The lowest BCUT2D eigenvalue weighted by molar-refractivity contribution is 0.247. The van der Waals surface area contributed by atoms with Crippen LogP contribution < -0.4 is 16.2 Å². The Kier molecular flexibility index (Phi) is 4.52. The molecule has 7 nitrogen and oxygen atoms in total. The van der Waals surface area contributed by atoms with E-state index in [1.807, 2.05) is 19.1 Å². The molecule has 8 heteroatoms. The first-order valence-corrected chi connectivity index (χ1v) is 7.70. The minimum Gasteiger partial charge on any atom is -0.480 e. The number of hydrogen-bond acceptors (Lipinski definition) is 7. The number of hydrogen-bond donors (Lipinski definition) is 2. The maximum absolute atomic E-state index is 5.88. The highest BCUT2D eigenvalue weighted by atomic mass is 35.5. The molecule has 124 valence electrons. The van der Waals surface area contributed by atoms with Gasteiger partial charge in [0.25, 0.3) is 0 Å². The van der Waals surface area contributed by atoms with E-state index in [0.717, 1.165) is 5.56 Å². The molecule has 24 heavy (non-hydrogen) atoms. The molecule has 0 amide bonds. The molecule has 0 saturated heterocycles. The van der Waals surface area contributed by atoms with Crippen molar-refractivity contribution in [2.75, 3.05) is 11.5 Å². The van der Waals surface area contributed by atoms with Crippen molar-refractivity contribution in [3.63, 3.8) is 0 Å². The van der Waals surface area contributed by atoms with Gasteiger partial charge in [0.15, 0.2) is 17.3 Å². The highest BCUT2D eigenvalue weighted by Crippen LogP contribution is 2.27. The van der Waals surface area contributed by atoms with Gasteiger partial charge >= 0.3 is 0 Å². The molecular formula is C16H16ClN5O2. The Labute approximate surface area is 143 Å². The molecule has 3 aromatic rings. The summed E-state index contributed by atoms with van der Waals surface area (Å²) in [7, 11) is 0. The van der Waals surface area contributed by atoms with Gasteiger partial charge in [-0.3, -0.25) is 0 Å². The van der Waals surface area contributed by atoms with Crippen LogP contribution in [-0.2, 0) is 13.0 Å². The van der Waals surface area contributed by atoms with E-state index >= 15 is 0 Å². The maximum Gasteiger partial charge on any atom is 0.222 e. The second-order valence-electron chi connectivity index (χ2n) is 5.07. The third kappa shape index (κ3) is 3.41. The van der Waals surface area contributed by atoms with Crippen LogP contribution in [0.15, 0.2) is 34.9 Å². The third-order valence-corrected chi connectivity index (χ3v) is 3.62. The largest absolute Gasteiger partial charge is 0.480 e. The lowest BCUT2D eigenvalue weighted by Crippen LogP contribution is -2.08. The summed E-state index contributed by atoms with van der Waals surface area (Å²) in [6.07, 6.45) is 0.624. The molecule has 0 aliphatic rings. The fraction of sp³-hybridized carbons (Fsp3) is 0.188. The summed E-state index contributed by atoms with van der Waals surface area (Å²) < 4.78 is 11.0. The van der Waals surface area contributed by atoms with E-state index < -0.39 is 0 Å². The van der Waals surface area contributed by atoms with E-state index in [9.17, 15) is 0 Å². The second-order valence-corrected chi connectivity index (χ2v) is 5.51. The van der Waals surface area contributed by atoms with Crippen LogP contribution >= 0.6 is 11.6 Å². The number of aryl methyl sites for hydroxylation is 1. The van der Waals surface area contributed by atoms with E-state index in [1.165, 1.54) is 0 Å². The molecule has 0 bridgehead atoms. The van der Waals surface area contributed by atoms with Crippen molar-refractivity contribution in [3.05, 3.63) is 46.8 Å². The minimum absolute atomic E-state index is 0.126. The van der Waals surface area contributed by atoms with Gasteiger partial charge in [-0.25, -0.2) is 4.98 Å². The van der Waals surface area contributed by atoms with Gasteiger partial charge in [-0.15, -0.1) is 0 Å². The zero-order valence-corrected chi connectivity index (χ0v) is 13.7. The molecule has 0 saturated carbocycles. The van der Waals surface area contributed by atoms with Crippen LogP contribution in [0.5, 0.6) is 5.75 Å². The number of nitrogen functional groups attached to an aromatic ring is 2. The van der Waals surface area contributed by atoms with Crippen LogP contribution in [0.3, 0.4) is 0 Å². The molecular weight excluding hydrogens is 330 g/mol. The fourth-order valence-electron chi connectivity index (χ4n) is 2.21. The van der Waals surface area contributed by atoms with Crippen molar-refractivity contribution >= 4 is 23.4 Å². The molecule has 0 aliphatic heterocycles.